The molecule has 16 heavy (non-hydrogen) atoms. The standard InChI is InChI=1S/C12H19N3.ClH/c1-10-8-15(9-14-10)12-5-2-11(13,3-6-12)4-7-12;/h8-9H,2-7,13H2,1H3;1H. The van der Waals surface area contributed by atoms with Crippen molar-refractivity contribution < 1.29 is 0 Å². The van der Waals surface area contributed by atoms with Gasteiger partial charge in [-0.25, -0.2) is 4.98 Å². The highest BCUT2D eigenvalue weighted by Crippen LogP contribution is 2.49. The minimum Gasteiger partial charge on any atom is -0.331 e. The maximum absolute atomic E-state index is 6.31. The molecule has 0 amide bonds. The zero-order valence-electron chi connectivity index (χ0n) is 9.78. The van der Waals surface area contributed by atoms with Crippen molar-refractivity contribution in [3.05, 3.63) is 18.2 Å². The van der Waals surface area contributed by atoms with Gasteiger partial charge < -0.3 is 10.3 Å². The van der Waals surface area contributed by atoms with E-state index in [-0.39, 0.29) is 17.9 Å². The lowest BCUT2D eigenvalue weighted by Gasteiger charge is -2.52. The molecule has 3 fully saturated rings. The molecule has 1 aromatic rings. The average Bonchev–Trinajstić information content (AvgIpc) is 2.67. The Morgan fingerprint density at radius 3 is 2.19 bits per heavy atom. The molecule has 4 rings (SSSR count). The van der Waals surface area contributed by atoms with E-state index in [0.717, 1.165) is 5.69 Å². The Hall–Kier alpha value is -0.540. The summed E-state index contributed by atoms with van der Waals surface area (Å²) in [6, 6.07) is 0. The predicted molar refractivity (Wildman–Crippen MR) is 66.8 cm³/mol. The number of hydrogen-bond acceptors (Lipinski definition) is 2. The number of aryl methyl sites for hydroxylation is 1. The molecule has 90 valence electrons. The second-order valence-electron chi connectivity index (χ2n) is 5.51. The van der Waals surface area contributed by atoms with Gasteiger partial charge in [0, 0.05) is 17.3 Å². The van der Waals surface area contributed by atoms with Crippen LogP contribution in [0.5, 0.6) is 0 Å². The predicted octanol–water partition coefficient (Wildman–Crippen LogP) is 2.37. The molecule has 2 N–H and O–H groups in total. The summed E-state index contributed by atoms with van der Waals surface area (Å²) >= 11 is 0. The molecule has 0 radical (unpaired) electrons. The third-order valence-electron chi connectivity index (χ3n) is 4.52. The van der Waals surface area contributed by atoms with E-state index in [1.807, 2.05) is 6.33 Å². The number of rotatable bonds is 1. The van der Waals surface area contributed by atoms with E-state index in [1.165, 1.54) is 38.5 Å². The van der Waals surface area contributed by atoms with Crippen LogP contribution in [0.3, 0.4) is 0 Å². The maximum atomic E-state index is 6.31. The zero-order chi connectivity index (χ0) is 10.5. The van der Waals surface area contributed by atoms with Crippen LogP contribution in [0.25, 0.3) is 0 Å². The third-order valence-corrected chi connectivity index (χ3v) is 4.52. The molecule has 1 aromatic heterocycles. The number of nitrogens with two attached hydrogens (primary N) is 1. The van der Waals surface area contributed by atoms with Gasteiger partial charge in [-0.05, 0) is 45.4 Å². The molecular weight excluding hydrogens is 222 g/mol. The fourth-order valence-electron chi connectivity index (χ4n) is 3.26. The highest BCUT2D eigenvalue weighted by molar-refractivity contribution is 5.85. The summed E-state index contributed by atoms with van der Waals surface area (Å²) in [5.74, 6) is 0. The molecule has 1 heterocycles. The third kappa shape index (κ3) is 1.66. The van der Waals surface area contributed by atoms with Gasteiger partial charge in [-0.3, -0.25) is 0 Å². The van der Waals surface area contributed by atoms with E-state index >= 15 is 0 Å². The van der Waals surface area contributed by atoms with Crippen LogP contribution in [0.1, 0.15) is 44.2 Å². The summed E-state index contributed by atoms with van der Waals surface area (Å²) in [5.41, 5.74) is 7.95. The van der Waals surface area contributed by atoms with Gasteiger partial charge in [0.05, 0.1) is 12.0 Å². The van der Waals surface area contributed by atoms with Crippen LogP contribution in [-0.4, -0.2) is 15.1 Å². The van der Waals surface area contributed by atoms with Crippen LogP contribution < -0.4 is 5.73 Å². The maximum Gasteiger partial charge on any atom is 0.0954 e. The fourth-order valence-corrected chi connectivity index (χ4v) is 3.26. The quantitative estimate of drug-likeness (QED) is 0.821. The van der Waals surface area contributed by atoms with Gasteiger partial charge in [0.25, 0.3) is 0 Å². The number of halogens is 1. The minimum atomic E-state index is 0. The molecule has 4 heteroatoms. The van der Waals surface area contributed by atoms with E-state index < -0.39 is 0 Å². The van der Waals surface area contributed by atoms with E-state index in [2.05, 4.69) is 22.7 Å². The first-order valence-electron chi connectivity index (χ1n) is 5.92. The lowest BCUT2D eigenvalue weighted by Crippen LogP contribution is -2.55. The Morgan fingerprint density at radius 2 is 1.75 bits per heavy atom. The van der Waals surface area contributed by atoms with Crippen molar-refractivity contribution in [1.82, 2.24) is 9.55 Å². The summed E-state index contributed by atoms with van der Waals surface area (Å²) in [6.45, 7) is 2.06. The Kier molecular flexibility index (Phi) is 2.79. The highest BCUT2D eigenvalue weighted by atomic mass is 35.5. The first-order valence-corrected chi connectivity index (χ1v) is 5.92. The van der Waals surface area contributed by atoms with Gasteiger partial charge >= 0.3 is 0 Å². The summed E-state index contributed by atoms with van der Waals surface area (Å²) in [7, 11) is 0. The van der Waals surface area contributed by atoms with Crippen molar-refractivity contribution >= 4 is 12.4 Å². The van der Waals surface area contributed by atoms with Crippen LogP contribution in [0, 0.1) is 6.92 Å². The van der Waals surface area contributed by atoms with E-state index in [4.69, 9.17) is 5.73 Å². The Morgan fingerprint density at radius 1 is 1.19 bits per heavy atom. The Labute approximate surface area is 103 Å². The number of aromatic nitrogens is 2. The van der Waals surface area contributed by atoms with Gasteiger partial charge in [-0.15, -0.1) is 12.4 Å². The fraction of sp³-hybridized carbons (Fsp3) is 0.750. The molecule has 2 bridgehead atoms. The second-order valence-corrected chi connectivity index (χ2v) is 5.51. The normalized spacial score (nSPS) is 37.1. The van der Waals surface area contributed by atoms with Crippen molar-refractivity contribution in [2.24, 2.45) is 5.73 Å². The highest BCUT2D eigenvalue weighted by Gasteiger charge is 2.47. The van der Waals surface area contributed by atoms with Crippen molar-refractivity contribution in [3.8, 4) is 0 Å². The Balaban J connectivity index is 0.000000963. The van der Waals surface area contributed by atoms with Crippen molar-refractivity contribution in [3.63, 3.8) is 0 Å². The van der Waals surface area contributed by atoms with Crippen LogP contribution in [0.15, 0.2) is 12.5 Å². The number of imidazole rings is 1. The molecule has 0 saturated heterocycles. The van der Waals surface area contributed by atoms with Gasteiger partial charge in [0.15, 0.2) is 0 Å². The van der Waals surface area contributed by atoms with Crippen LogP contribution >= 0.6 is 12.4 Å². The molecule has 0 atom stereocenters. The van der Waals surface area contributed by atoms with Crippen molar-refractivity contribution in [2.75, 3.05) is 0 Å². The van der Waals surface area contributed by atoms with Crippen LogP contribution in [0.2, 0.25) is 0 Å². The molecular formula is C12H20ClN3. The number of hydrogen-bond donors (Lipinski definition) is 1. The molecule has 0 aliphatic heterocycles. The van der Waals surface area contributed by atoms with Gasteiger partial charge in [0.2, 0.25) is 0 Å². The molecule has 0 spiro atoms. The summed E-state index contributed by atoms with van der Waals surface area (Å²) < 4.78 is 2.35. The van der Waals surface area contributed by atoms with Crippen molar-refractivity contribution in [1.29, 1.82) is 0 Å². The van der Waals surface area contributed by atoms with Crippen LogP contribution in [0.4, 0.5) is 0 Å². The number of nitrogens with zero attached hydrogens (tertiary/aromatic N) is 2. The first-order chi connectivity index (χ1) is 7.12. The van der Waals surface area contributed by atoms with Crippen molar-refractivity contribution in [2.45, 2.75) is 56.5 Å². The summed E-state index contributed by atoms with van der Waals surface area (Å²) in [4.78, 5) is 4.35. The lowest BCUT2D eigenvalue weighted by molar-refractivity contribution is 0.0536. The SMILES string of the molecule is Cc1cn(C23CCC(N)(CC2)CC3)cn1.Cl. The Bertz CT molecular complexity index is 361. The number of fused-ring (bicyclic) bond motifs is 3. The summed E-state index contributed by atoms with van der Waals surface area (Å²) in [6.07, 6.45) is 11.5. The molecule has 0 aromatic carbocycles. The second kappa shape index (κ2) is 3.74. The van der Waals surface area contributed by atoms with E-state index in [9.17, 15) is 0 Å². The zero-order valence-corrected chi connectivity index (χ0v) is 10.6. The van der Waals surface area contributed by atoms with Gasteiger partial charge in [-0.1, -0.05) is 0 Å². The first kappa shape index (κ1) is 11.9. The smallest absolute Gasteiger partial charge is 0.0954 e. The molecule has 0 unspecified atom stereocenters. The monoisotopic (exact) mass is 241 g/mol. The lowest BCUT2D eigenvalue weighted by atomic mass is 9.62. The van der Waals surface area contributed by atoms with Gasteiger partial charge in [-0.2, -0.15) is 0 Å². The largest absolute Gasteiger partial charge is 0.331 e. The van der Waals surface area contributed by atoms with E-state index in [1.54, 1.807) is 0 Å². The van der Waals surface area contributed by atoms with E-state index in [0.29, 0.717) is 5.54 Å². The minimum absolute atomic E-state index is 0. The molecule has 3 aliphatic carbocycles. The van der Waals surface area contributed by atoms with Crippen LogP contribution in [-0.2, 0) is 5.54 Å². The average molecular weight is 242 g/mol. The topological polar surface area (TPSA) is 43.8 Å². The molecule has 3 saturated carbocycles. The van der Waals surface area contributed by atoms with Gasteiger partial charge in [0.1, 0.15) is 0 Å². The summed E-state index contributed by atoms with van der Waals surface area (Å²) in [5, 5.41) is 0. The molecule has 3 nitrogen and oxygen atoms in total. The molecule has 3 aliphatic rings.